The van der Waals surface area contributed by atoms with Crippen LogP contribution >= 0.6 is 0 Å². The zero-order valence-electron chi connectivity index (χ0n) is 17.6. The summed E-state index contributed by atoms with van der Waals surface area (Å²) in [5.41, 5.74) is 5.03. The monoisotopic (exact) mass is 394 g/mol. The first kappa shape index (κ1) is 19.5. The van der Waals surface area contributed by atoms with Crippen molar-refractivity contribution in [1.29, 1.82) is 0 Å². The number of nitrogens with zero attached hydrogens (tertiary/aromatic N) is 6. The molecular formula is C22H30N6O. The van der Waals surface area contributed by atoms with Crippen LogP contribution in [0.5, 0.6) is 0 Å². The van der Waals surface area contributed by atoms with Crippen molar-refractivity contribution in [2.45, 2.75) is 20.8 Å². The minimum absolute atomic E-state index is 0.746. The molecule has 1 aromatic carbocycles. The Morgan fingerprint density at radius 3 is 2.17 bits per heavy atom. The Morgan fingerprint density at radius 2 is 1.48 bits per heavy atom. The van der Waals surface area contributed by atoms with Crippen molar-refractivity contribution in [3.63, 3.8) is 0 Å². The predicted molar refractivity (Wildman–Crippen MR) is 117 cm³/mol. The summed E-state index contributed by atoms with van der Waals surface area (Å²) in [6, 6.07) is 8.58. The van der Waals surface area contributed by atoms with Crippen molar-refractivity contribution in [2.75, 3.05) is 67.1 Å². The van der Waals surface area contributed by atoms with Crippen LogP contribution in [0.25, 0.3) is 0 Å². The third kappa shape index (κ3) is 4.13. The lowest BCUT2D eigenvalue weighted by Crippen LogP contribution is -2.48. The first-order chi connectivity index (χ1) is 14.0. The summed E-state index contributed by atoms with van der Waals surface area (Å²) in [5, 5.41) is 0. The average Bonchev–Trinajstić information content (AvgIpc) is 2.75. The number of piperazine rings is 2. The van der Waals surface area contributed by atoms with E-state index in [1.54, 1.807) is 0 Å². The Kier molecular flexibility index (Phi) is 5.56. The summed E-state index contributed by atoms with van der Waals surface area (Å²) in [6.45, 7) is 13.3. The van der Waals surface area contributed by atoms with Crippen LogP contribution in [-0.4, -0.2) is 73.6 Å². The van der Waals surface area contributed by atoms with Gasteiger partial charge in [0.1, 0.15) is 5.82 Å². The van der Waals surface area contributed by atoms with Gasteiger partial charge in [0.25, 0.3) is 0 Å². The number of hydrogen-bond acceptors (Lipinski definition) is 6. The van der Waals surface area contributed by atoms with Gasteiger partial charge in [0.05, 0.1) is 0 Å². The number of anilines is 3. The molecule has 2 saturated heterocycles. The maximum atomic E-state index is 11.0. The third-order valence-electron chi connectivity index (χ3n) is 6.10. The molecule has 2 fully saturated rings. The van der Waals surface area contributed by atoms with Crippen molar-refractivity contribution in [2.24, 2.45) is 0 Å². The van der Waals surface area contributed by atoms with Gasteiger partial charge in [-0.25, -0.2) is 4.98 Å². The SMILES string of the molecule is Cc1cc(N2CCN(C=O)CC2)nc(N2CCN(c3cccc(C)c3C)CC2)n1. The molecule has 2 aromatic rings. The molecule has 0 unspecified atom stereocenters. The molecule has 0 aliphatic carbocycles. The van der Waals surface area contributed by atoms with Crippen molar-refractivity contribution in [3.8, 4) is 0 Å². The number of aryl methyl sites for hydroxylation is 2. The second kappa shape index (κ2) is 8.27. The topological polar surface area (TPSA) is 55.8 Å². The van der Waals surface area contributed by atoms with Gasteiger partial charge in [0, 0.05) is 69.8 Å². The second-order valence-electron chi connectivity index (χ2n) is 7.99. The minimum Gasteiger partial charge on any atom is -0.368 e. The molecule has 154 valence electrons. The van der Waals surface area contributed by atoms with Crippen LogP contribution < -0.4 is 14.7 Å². The molecule has 1 amide bonds. The third-order valence-corrected chi connectivity index (χ3v) is 6.10. The number of carbonyl (C=O) groups is 1. The number of aromatic nitrogens is 2. The molecule has 29 heavy (non-hydrogen) atoms. The Morgan fingerprint density at radius 1 is 0.828 bits per heavy atom. The van der Waals surface area contributed by atoms with E-state index in [9.17, 15) is 4.79 Å². The number of carbonyl (C=O) groups excluding carboxylic acids is 1. The highest BCUT2D eigenvalue weighted by atomic mass is 16.1. The standard InChI is InChI=1S/C22H30N6O/c1-17-5-4-6-20(19(17)3)26-11-13-28(14-12-26)22-23-18(2)15-21(24-22)27-9-7-25(16-29)8-10-27/h4-6,15-16H,7-14H2,1-3H3. The minimum atomic E-state index is 0.746. The normalized spacial score (nSPS) is 17.6. The van der Waals surface area contributed by atoms with Crippen molar-refractivity contribution >= 4 is 23.9 Å². The Hall–Kier alpha value is -2.83. The quantitative estimate of drug-likeness (QED) is 0.740. The van der Waals surface area contributed by atoms with Crippen LogP contribution in [0.3, 0.4) is 0 Å². The van der Waals surface area contributed by atoms with Crippen molar-refractivity contribution < 1.29 is 4.79 Å². The number of benzene rings is 1. The van der Waals surface area contributed by atoms with E-state index >= 15 is 0 Å². The summed E-state index contributed by atoms with van der Waals surface area (Å²) in [4.78, 5) is 29.4. The summed E-state index contributed by atoms with van der Waals surface area (Å²) in [6.07, 6.45) is 0.934. The number of hydrogen-bond donors (Lipinski definition) is 0. The van der Waals surface area contributed by atoms with Gasteiger partial charge in [-0.1, -0.05) is 12.1 Å². The Labute approximate surface area is 172 Å². The van der Waals surface area contributed by atoms with Crippen LogP contribution in [-0.2, 0) is 4.79 Å². The van der Waals surface area contributed by atoms with Crippen LogP contribution in [0.2, 0.25) is 0 Å². The maximum absolute atomic E-state index is 11.0. The fourth-order valence-electron chi connectivity index (χ4n) is 4.12. The molecular weight excluding hydrogens is 364 g/mol. The largest absolute Gasteiger partial charge is 0.368 e. The van der Waals surface area contributed by atoms with Gasteiger partial charge < -0.3 is 19.6 Å². The fourth-order valence-corrected chi connectivity index (χ4v) is 4.12. The zero-order chi connectivity index (χ0) is 20.4. The van der Waals surface area contributed by atoms with Gasteiger partial charge in [-0.05, 0) is 38.0 Å². The molecule has 1 aromatic heterocycles. The molecule has 0 N–H and O–H groups in total. The Balaban J connectivity index is 1.45. The molecule has 2 aliphatic heterocycles. The second-order valence-corrected chi connectivity index (χ2v) is 7.99. The fraction of sp³-hybridized carbons (Fsp3) is 0.500. The molecule has 0 radical (unpaired) electrons. The average molecular weight is 395 g/mol. The highest BCUT2D eigenvalue weighted by Gasteiger charge is 2.23. The lowest BCUT2D eigenvalue weighted by molar-refractivity contribution is -0.118. The van der Waals surface area contributed by atoms with E-state index in [2.05, 4.69) is 46.7 Å². The smallest absolute Gasteiger partial charge is 0.227 e. The highest BCUT2D eigenvalue weighted by molar-refractivity contribution is 5.57. The van der Waals surface area contributed by atoms with Gasteiger partial charge in [-0.3, -0.25) is 4.79 Å². The molecule has 2 aliphatic rings. The van der Waals surface area contributed by atoms with E-state index in [1.807, 2.05) is 17.9 Å². The van der Waals surface area contributed by atoms with Crippen LogP contribution in [0.4, 0.5) is 17.5 Å². The molecule has 0 saturated carbocycles. The molecule has 0 bridgehead atoms. The molecule has 4 rings (SSSR count). The molecule has 3 heterocycles. The van der Waals surface area contributed by atoms with Gasteiger partial charge in [-0.2, -0.15) is 4.98 Å². The summed E-state index contributed by atoms with van der Waals surface area (Å²) >= 11 is 0. The number of rotatable bonds is 4. The first-order valence-corrected chi connectivity index (χ1v) is 10.4. The first-order valence-electron chi connectivity index (χ1n) is 10.4. The molecule has 0 spiro atoms. The van der Waals surface area contributed by atoms with E-state index in [4.69, 9.17) is 9.97 Å². The van der Waals surface area contributed by atoms with E-state index in [-0.39, 0.29) is 0 Å². The lowest BCUT2D eigenvalue weighted by Gasteiger charge is -2.38. The van der Waals surface area contributed by atoms with Crippen molar-refractivity contribution in [1.82, 2.24) is 14.9 Å². The molecule has 0 atom stereocenters. The van der Waals surface area contributed by atoms with Gasteiger partial charge in [-0.15, -0.1) is 0 Å². The van der Waals surface area contributed by atoms with Crippen molar-refractivity contribution in [3.05, 3.63) is 41.1 Å². The van der Waals surface area contributed by atoms with Gasteiger partial charge >= 0.3 is 0 Å². The van der Waals surface area contributed by atoms with Gasteiger partial charge in [0.15, 0.2) is 0 Å². The predicted octanol–water partition coefficient (Wildman–Crippen LogP) is 2.01. The van der Waals surface area contributed by atoms with E-state index in [0.29, 0.717) is 0 Å². The summed E-state index contributed by atoms with van der Waals surface area (Å²) in [5.74, 6) is 1.79. The van der Waals surface area contributed by atoms with E-state index in [0.717, 1.165) is 76.2 Å². The zero-order valence-corrected chi connectivity index (χ0v) is 17.6. The van der Waals surface area contributed by atoms with Gasteiger partial charge in [0.2, 0.25) is 12.4 Å². The molecule has 7 nitrogen and oxygen atoms in total. The van der Waals surface area contributed by atoms with Crippen LogP contribution in [0, 0.1) is 20.8 Å². The summed E-state index contributed by atoms with van der Waals surface area (Å²) < 4.78 is 0. The van der Waals surface area contributed by atoms with Crippen LogP contribution in [0.1, 0.15) is 16.8 Å². The lowest BCUT2D eigenvalue weighted by atomic mass is 10.1. The van der Waals surface area contributed by atoms with E-state index in [1.165, 1.54) is 16.8 Å². The summed E-state index contributed by atoms with van der Waals surface area (Å²) in [7, 11) is 0. The number of amides is 1. The Bertz CT molecular complexity index is 870. The molecule has 7 heteroatoms. The van der Waals surface area contributed by atoms with Crippen LogP contribution in [0.15, 0.2) is 24.3 Å². The van der Waals surface area contributed by atoms with E-state index < -0.39 is 0 Å². The highest BCUT2D eigenvalue weighted by Crippen LogP contribution is 2.25. The maximum Gasteiger partial charge on any atom is 0.227 e.